The number of thiazole rings is 1. The Hall–Kier alpha value is -1.89. The van der Waals surface area contributed by atoms with E-state index in [1.807, 2.05) is 5.38 Å². The lowest BCUT2D eigenvalue weighted by Gasteiger charge is -2.33. The average molecular weight is 278 g/mol. The molecular weight excluding hydrogens is 264 g/mol. The summed E-state index contributed by atoms with van der Waals surface area (Å²) in [6.45, 7) is 4.76. The van der Waals surface area contributed by atoms with Gasteiger partial charge in [0.1, 0.15) is 0 Å². The van der Waals surface area contributed by atoms with Crippen molar-refractivity contribution in [2.24, 2.45) is 0 Å². The van der Waals surface area contributed by atoms with Crippen LogP contribution in [0.15, 0.2) is 22.2 Å². The monoisotopic (exact) mass is 278 g/mol. The number of nitrogens with zero attached hydrogens (tertiary/aromatic N) is 4. The fourth-order valence-electron chi connectivity index (χ4n) is 2.09. The second-order valence-electron chi connectivity index (χ2n) is 4.43. The number of hydrogen-bond donors (Lipinski definition) is 0. The van der Waals surface area contributed by atoms with Crippen LogP contribution in [0.1, 0.15) is 16.2 Å². The van der Waals surface area contributed by atoms with E-state index in [4.69, 9.17) is 4.52 Å². The van der Waals surface area contributed by atoms with Crippen molar-refractivity contribution in [3.05, 3.63) is 29.1 Å². The van der Waals surface area contributed by atoms with Crippen molar-refractivity contribution in [2.45, 2.75) is 6.92 Å². The molecule has 100 valence electrons. The highest BCUT2D eigenvalue weighted by Crippen LogP contribution is 2.19. The smallest absolute Gasteiger partial charge is 0.292 e. The molecule has 2 aromatic rings. The summed E-state index contributed by atoms with van der Waals surface area (Å²) in [5.74, 6) is 0.236. The van der Waals surface area contributed by atoms with Gasteiger partial charge in [-0.3, -0.25) is 4.79 Å². The largest absolute Gasteiger partial charge is 0.351 e. The SMILES string of the molecule is Cc1cc(C(=O)N2CCN(c3nccs3)CC2)on1. The van der Waals surface area contributed by atoms with Crippen LogP contribution in [0.2, 0.25) is 0 Å². The Labute approximate surface area is 114 Å². The third-order valence-corrected chi connectivity index (χ3v) is 3.93. The van der Waals surface area contributed by atoms with Crippen molar-refractivity contribution in [3.8, 4) is 0 Å². The average Bonchev–Trinajstić information content (AvgIpc) is 3.09. The quantitative estimate of drug-likeness (QED) is 0.831. The van der Waals surface area contributed by atoms with Crippen LogP contribution in [0.4, 0.5) is 5.13 Å². The summed E-state index contributed by atoms with van der Waals surface area (Å²) in [5.41, 5.74) is 0.727. The third-order valence-electron chi connectivity index (χ3n) is 3.10. The summed E-state index contributed by atoms with van der Waals surface area (Å²) < 4.78 is 5.01. The minimum absolute atomic E-state index is 0.0839. The highest BCUT2D eigenvalue weighted by molar-refractivity contribution is 7.13. The van der Waals surface area contributed by atoms with Crippen LogP contribution < -0.4 is 4.90 Å². The van der Waals surface area contributed by atoms with E-state index in [1.165, 1.54) is 0 Å². The Balaban J connectivity index is 1.62. The van der Waals surface area contributed by atoms with E-state index in [-0.39, 0.29) is 5.91 Å². The molecule has 2 aromatic heterocycles. The first-order valence-corrected chi connectivity index (χ1v) is 6.99. The molecule has 1 aliphatic rings. The zero-order valence-corrected chi connectivity index (χ0v) is 11.4. The van der Waals surface area contributed by atoms with Crippen LogP contribution in [0.25, 0.3) is 0 Å². The number of carbonyl (C=O) groups is 1. The molecule has 0 atom stereocenters. The van der Waals surface area contributed by atoms with Gasteiger partial charge in [0.15, 0.2) is 5.13 Å². The normalized spacial score (nSPS) is 15.8. The van der Waals surface area contributed by atoms with Gasteiger partial charge in [0.05, 0.1) is 5.69 Å². The molecule has 7 heteroatoms. The molecule has 0 saturated carbocycles. The standard InChI is InChI=1S/C12H14N4O2S/c1-9-8-10(18-14-9)11(17)15-3-5-16(6-4-15)12-13-2-7-19-12/h2,7-8H,3-6H2,1H3. The maximum absolute atomic E-state index is 12.2. The number of amides is 1. The third kappa shape index (κ3) is 2.46. The van der Waals surface area contributed by atoms with Gasteiger partial charge in [-0.25, -0.2) is 4.98 Å². The van der Waals surface area contributed by atoms with Gasteiger partial charge in [0, 0.05) is 43.8 Å². The van der Waals surface area contributed by atoms with E-state index in [0.29, 0.717) is 18.8 Å². The van der Waals surface area contributed by atoms with E-state index in [2.05, 4.69) is 15.0 Å². The second kappa shape index (κ2) is 5.00. The van der Waals surface area contributed by atoms with Crippen molar-refractivity contribution in [2.75, 3.05) is 31.1 Å². The minimum Gasteiger partial charge on any atom is -0.351 e. The molecule has 3 rings (SSSR count). The fraction of sp³-hybridized carbons (Fsp3) is 0.417. The highest BCUT2D eigenvalue weighted by Gasteiger charge is 2.25. The van der Waals surface area contributed by atoms with Crippen LogP contribution in [-0.2, 0) is 0 Å². The minimum atomic E-state index is -0.0839. The Kier molecular flexibility index (Phi) is 3.20. The van der Waals surface area contributed by atoms with Gasteiger partial charge in [-0.05, 0) is 6.92 Å². The van der Waals surface area contributed by atoms with Crippen LogP contribution >= 0.6 is 11.3 Å². The van der Waals surface area contributed by atoms with Crippen LogP contribution in [0.5, 0.6) is 0 Å². The number of hydrogen-bond acceptors (Lipinski definition) is 6. The predicted octanol–water partition coefficient (Wildman–Crippen LogP) is 1.40. The van der Waals surface area contributed by atoms with E-state index in [9.17, 15) is 4.79 Å². The maximum Gasteiger partial charge on any atom is 0.292 e. The molecule has 3 heterocycles. The van der Waals surface area contributed by atoms with Crippen molar-refractivity contribution < 1.29 is 9.32 Å². The summed E-state index contributed by atoms with van der Waals surface area (Å²) >= 11 is 1.62. The van der Waals surface area contributed by atoms with Gasteiger partial charge in [0.2, 0.25) is 5.76 Å². The van der Waals surface area contributed by atoms with Gasteiger partial charge in [-0.2, -0.15) is 0 Å². The number of anilines is 1. The van der Waals surface area contributed by atoms with Crippen LogP contribution in [0, 0.1) is 6.92 Å². The van der Waals surface area contributed by atoms with Crippen molar-refractivity contribution in [3.63, 3.8) is 0 Å². The molecule has 0 unspecified atom stereocenters. The Morgan fingerprint density at radius 3 is 2.74 bits per heavy atom. The molecule has 0 aromatic carbocycles. The van der Waals surface area contributed by atoms with Crippen LogP contribution in [0.3, 0.4) is 0 Å². The zero-order chi connectivity index (χ0) is 13.2. The number of aryl methyl sites for hydroxylation is 1. The van der Waals surface area contributed by atoms with Gasteiger partial charge in [0.25, 0.3) is 5.91 Å². The summed E-state index contributed by atoms with van der Waals surface area (Å²) in [6, 6.07) is 1.68. The molecule has 0 spiro atoms. The maximum atomic E-state index is 12.2. The first kappa shape index (κ1) is 12.2. The first-order chi connectivity index (χ1) is 9.24. The molecule has 0 aliphatic carbocycles. The predicted molar refractivity (Wildman–Crippen MR) is 71.5 cm³/mol. The summed E-state index contributed by atoms with van der Waals surface area (Å²) in [5, 5.41) is 6.73. The Morgan fingerprint density at radius 1 is 1.37 bits per heavy atom. The number of piperazine rings is 1. The molecule has 1 aliphatic heterocycles. The lowest BCUT2D eigenvalue weighted by Crippen LogP contribution is -2.48. The Morgan fingerprint density at radius 2 is 2.16 bits per heavy atom. The molecule has 0 radical (unpaired) electrons. The second-order valence-corrected chi connectivity index (χ2v) is 5.30. The number of aromatic nitrogens is 2. The molecule has 0 N–H and O–H groups in total. The number of rotatable bonds is 2. The van der Waals surface area contributed by atoms with Gasteiger partial charge in [-0.15, -0.1) is 11.3 Å². The number of carbonyl (C=O) groups excluding carboxylic acids is 1. The van der Waals surface area contributed by atoms with E-state index >= 15 is 0 Å². The molecule has 19 heavy (non-hydrogen) atoms. The van der Waals surface area contributed by atoms with Gasteiger partial charge in [-0.1, -0.05) is 5.16 Å². The lowest BCUT2D eigenvalue weighted by molar-refractivity contribution is 0.0704. The summed E-state index contributed by atoms with van der Waals surface area (Å²) in [7, 11) is 0. The van der Waals surface area contributed by atoms with Crippen LogP contribution in [-0.4, -0.2) is 47.1 Å². The molecule has 1 amide bonds. The van der Waals surface area contributed by atoms with Crippen molar-refractivity contribution in [1.82, 2.24) is 15.0 Å². The van der Waals surface area contributed by atoms with E-state index in [0.717, 1.165) is 23.9 Å². The zero-order valence-electron chi connectivity index (χ0n) is 10.6. The summed E-state index contributed by atoms with van der Waals surface area (Å²) in [4.78, 5) is 20.4. The van der Waals surface area contributed by atoms with E-state index < -0.39 is 0 Å². The topological polar surface area (TPSA) is 62.5 Å². The summed E-state index contributed by atoms with van der Waals surface area (Å²) in [6.07, 6.45) is 1.80. The fourth-order valence-corrected chi connectivity index (χ4v) is 2.79. The van der Waals surface area contributed by atoms with E-state index in [1.54, 1.807) is 35.4 Å². The molecule has 1 saturated heterocycles. The Bertz CT molecular complexity index is 558. The first-order valence-electron chi connectivity index (χ1n) is 6.11. The van der Waals surface area contributed by atoms with Crippen molar-refractivity contribution >= 4 is 22.4 Å². The highest BCUT2D eigenvalue weighted by atomic mass is 32.1. The molecule has 6 nitrogen and oxygen atoms in total. The lowest BCUT2D eigenvalue weighted by atomic mass is 10.3. The van der Waals surface area contributed by atoms with Gasteiger partial charge < -0.3 is 14.3 Å². The van der Waals surface area contributed by atoms with Gasteiger partial charge >= 0.3 is 0 Å². The molecule has 0 bridgehead atoms. The molecular formula is C12H14N4O2S. The van der Waals surface area contributed by atoms with Crippen molar-refractivity contribution in [1.29, 1.82) is 0 Å². The molecule has 1 fully saturated rings.